The Kier molecular flexibility index (Phi) is 8.34. The zero-order chi connectivity index (χ0) is 28.3. The SMILES string of the molecule is CCCc1cc(CCC)c(C2(c3cc(O)c(CCC)cc3CCC)OC(=O)c3cccc(C(=O)O)c32)cc1O. The molecule has 0 aliphatic carbocycles. The fraction of sp³-hybridized carbons (Fsp3) is 0.394. The summed E-state index contributed by atoms with van der Waals surface area (Å²) in [5.41, 5.74) is 3.12. The van der Waals surface area contributed by atoms with Gasteiger partial charge in [-0.25, -0.2) is 9.59 Å². The number of phenolic OH excluding ortho intramolecular Hbond substituents is 2. The molecule has 6 nitrogen and oxygen atoms in total. The van der Waals surface area contributed by atoms with E-state index in [1.807, 2.05) is 39.8 Å². The van der Waals surface area contributed by atoms with Gasteiger partial charge in [0.25, 0.3) is 0 Å². The zero-order valence-corrected chi connectivity index (χ0v) is 23.3. The van der Waals surface area contributed by atoms with Crippen molar-refractivity contribution in [2.24, 2.45) is 0 Å². The molecule has 0 bridgehead atoms. The van der Waals surface area contributed by atoms with Crippen molar-refractivity contribution in [1.82, 2.24) is 0 Å². The van der Waals surface area contributed by atoms with Crippen LogP contribution in [-0.2, 0) is 36.0 Å². The van der Waals surface area contributed by atoms with Crippen molar-refractivity contribution >= 4 is 11.9 Å². The van der Waals surface area contributed by atoms with Crippen LogP contribution in [0, 0.1) is 0 Å². The van der Waals surface area contributed by atoms with Gasteiger partial charge in [0, 0.05) is 16.7 Å². The number of ether oxygens (including phenoxy) is 1. The van der Waals surface area contributed by atoms with Crippen LogP contribution in [0.1, 0.15) is 113 Å². The van der Waals surface area contributed by atoms with Gasteiger partial charge in [-0.1, -0.05) is 71.6 Å². The third-order valence-electron chi connectivity index (χ3n) is 7.56. The molecule has 3 aromatic rings. The van der Waals surface area contributed by atoms with Gasteiger partial charge in [0.15, 0.2) is 5.60 Å². The Balaban J connectivity index is 2.21. The second-order valence-electron chi connectivity index (χ2n) is 10.4. The third kappa shape index (κ3) is 4.88. The van der Waals surface area contributed by atoms with Gasteiger partial charge in [0.05, 0.1) is 11.1 Å². The number of esters is 1. The molecular weight excluding hydrogens is 492 g/mol. The van der Waals surface area contributed by atoms with Gasteiger partial charge in [-0.05, 0) is 72.2 Å². The van der Waals surface area contributed by atoms with Crippen LogP contribution in [0.3, 0.4) is 0 Å². The molecule has 0 fully saturated rings. The predicted octanol–water partition coefficient (Wildman–Crippen LogP) is 7.07. The number of hydrogen-bond donors (Lipinski definition) is 3. The Morgan fingerprint density at radius 3 is 1.64 bits per heavy atom. The molecular formula is C33H38O6. The molecule has 4 rings (SSSR count). The van der Waals surface area contributed by atoms with E-state index in [1.54, 1.807) is 24.3 Å². The Labute approximate surface area is 230 Å². The van der Waals surface area contributed by atoms with Gasteiger partial charge in [-0.15, -0.1) is 0 Å². The largest absolute Gasteiger partial charge is 0.508 e. The van der Waals surface area contributed by atoms with E-state index in [9.17, 15) is 24.9 Å². The summed E-state index contributed by atoms with van der Waals surface area (Å²) in [6.45, 7) is 8.18. The van der Waals surface area contributed by atoms with Crippen LogP contribution in [0.4, 0.5) is 0 Å². The van der Waals surface area contributed by atoms with Crippen LogP contribution < -0.4 is 0 Å². The van der Waals surface area contributed by atoms with E-state index in [2.05, 4.69) is 0 Å². The van der Waals surface area contributed by atoms with Crippen molar-refractivity contribution in [3.63, 3.8) is 0 Å². The Bertz CT molecular complexity index is 1340. The molecule has 0 unspecified atom stereocenters. The maximum absolute atomic E-state index is 13.5. The van der Waals surface area contributed by atoms with Gasteiger partial charge >= 0.3 is 11.9 Å². The highest BCUT2D eigenvalue weighted by atomic mass is 16.6. The second-order valence-corrected chi connectivity index (χ2v) is 10.4. The molecule has 1 aliphatic rings. The molecule has 0 saturated heterocycles. The number of carboxylic acid groups (broad SMARTS) is 1. The number of cyclic esters (lactones) is 1. The molecule has 0 spiro atoms. The lowest BCUT2D eigenvalue weighted by atomic mass is 9.72. The summed E-state index contributed by atoms with van der Waals surface area (Å²) in [6, 6.07) is 11.8. The summed E-state index contributed by atoms with van der Waals surface area (Å²) in [7, 11) is 0. The monoisotopic (exact) mass is 530 g/mol. The third-order valence-corrected chi connectivity index (χ3v) is 7.56. The van der Waals surface area contributed by atoms with Crippen molar-refractivity contribution < 1.29 is 29.6 Å². The molecule has 6 heteroatoms. The molecule has 1 heterocycles. The van der Waals surface area contributed by atoms with E-state index in [0.29, 0.717) is 36.8 Å². The number of benzene rings is 3. The average Bonchev–Trinajstić information content (AvgIpc) is 3.21. The van der Waals surface area contributed by atoms with Gasteiger partial charge in [0.1, 0.15) is 11.5 Å². The van der Waals surface area contributed by atoms with Crippen LogP contribution in [0.2, 0.25) is 0 Å². The van der Waals surface area contributed by atoms with E-state index < -0.39 is 17.5 Å². The molecule has 39 heavy (non-hydrogen) atoms. The summed E-state index contributed by atoms with van der Waals surface area (Å²) in [5.74, 6) is -1.66. The number of aromatic carboxylic acids is 1. The number of carbonyl (C=O) groups excluding carboxylic acids is 1. The average molecular weight is 531 g/mol. The van der Waals surface area contributed by atoms with E-state index in [0.717, 1.165) is 47.9 Å². The number of aromatic hydroxyl groups is 2. The predicted molar refractivity (Wildman–Crippen MR) is 151 cm³/mol. The lowest BCUT2D eigenvalue weighted by Crippen LogP contribution is -2.34. The quantitative estimate of drug-likeness (QED) is 0.229. The number of aryl methyl sites for hydroxylation is 4. The van der Waals surface area contributed by atoms with Crippen molar-refractivity contribution in [2.45, 2.75) is 84.7 Å². The van der Waals surface area contributed by atoms with E-state index in [1.165, 1.54) is 6.07 Å². The first-order valence-electron chi connectivity index (χ1n) is 14.0. The molecule has 206 valence electrons. The Hall–Kier alpha value is -3.80. The summed E-state index contributed by atoms with van der Waals surface area (Å²) in [6.07, 6.45) is 5.92. The first kappa shape index (κ1) is 28.2. The highest BCUT2D eigenvalue weighted by Gasteiger charge is 2.53. The van der Waals surface area contributed by atoms with Crippen molar-refractivity contribution in [3.05, 3.63) is 92.5 Å². The summed E-state index contributed by atoms with van der Waals surface area (Å²) in [4.78, 5) is 26.1. The minimum atomic E-state index is -1.65. The van der Waals surface area contributed by atoms with Crippen LogP contribution >= 0.6 is 0 Å². The second kappa shape index (κ2) is 11.5. The van der Waals surface area contributed by atoms with Gasteiger partial charge in [-0.2, -0.15) is 0 Å². The minimum Gasteiger partial charge on any atom is -0.508 e. The number of hydrogen-bond acceptors (Lipinski definition) is 5. The van der Waals surface area contributed by atoms with Crippen molar-refractivity contribution in [2.75, 3.05) is 0 Å². The standard InChI is InChI=1S/C33H38O6/c1-5-10-20-16-22(12-7-3)28(34)18-26(20)33(27-19-29(35)23(13-8-4)17-21(27)11-6-2)30-24(31(36)37)14-9-15-25(30)32(38)39-33/h9,14-19,34-35H,5-8,10-13H2,1-4H3,(H,36,37). The number of rotatable bonds is 11. The number of carbonyl (C=O) groups is 2. The maximum atomic E-state index is 13.5. The number of fused-ring (bicyclic) bond motifs is 1. The maximum Gasteiger partial charge on any atom is 0.340 e. The van der Waals surface area contributed by atoms with E-state index >= 15 is 0 Å². The molecule has 0 saturated carbocycles. The van der Waals surface area contributed by atoms with Crippen LogP contribution in [0.15, 0.2) is 42.5 Å². The molecule has 0 radical (unpaired) electrons. The van der Waals surface area contributed by atoms with E-state index in [4.69, 9.17) is 4.74 Å². The summed E-state index contributed by atoms with van der Waals surface area (Å²) < 4.78 is 6.34. The topological polar surface area (TPSA) is 104 Å². The lowest BCUT2D eigenvalue weighted by Gasteiger charge is -2.35. The first-order valence-corrected chi connectivity index (χ1v) is 14.0. The fourth-order valence-corrected chi connectivity index (χ4v) is 5.96. The smallest absolute Gasteiger partial charge is 0.340 e. The summed E-state index contributed by atoms with van der Waals surface area (Å²) >= 11 is 0. The minimum absolute atomic E-state index is 0.0440. The molecule has 1 aliphatic heterocycles. The van der Waals surface area contributed by atoms with Gasteiger partial charge < -0.3 is 20.1 Å². The molecule has 0 amide bonds. The van der Waals surface area contributed by atoms with E-state index in [-0.39, 0.29) is 28.2 Å². The molecule has 0 aromatic heterocycles. The zero-order valence-electron chi connectivity index (χ0n) is 23.3. The first-order chi connectivity index (χ1) is 18.7. The Morgan fingerprint density at radius 2 is 1.21 bits per heavy atom. The van der Waals surface area contributed by atoms with Crippen LogP contribution in [-0.4, -0.2) is 27.3 Å². The van der Waals surface area contributed by atoms with Gasteiger partial charge in [-0.3, -0.25) is 0 Å². The molecule has 0 atom stereocenters. The highest BCUT2D eigenvalue weighted by molar-refractivity contribution is 6.02. The molecule has 3 aromatic carbocycles. The number of phenols is 2. The Morgan fingerprint density at radius 1 is 0.744 bits per heavy atom. The highest BCUT2D eigenvalue weighted by Crippen LogP contribution is 2.52. The molecule has 3 N–H and O–H groups in total. The number of carboxylic acids is 1. The van der Waals surface area contributed by atoms with Crippen LogP contribution in [0.5, 0.6) is 11.5 Å². The van der Waals surface area contributed by atoms with Gasteiger partial charge in [0.2, 0.25) is 0 Å². The van der Waals surface area contributed by atoms with Crippen molar-refractivity contribution in [1.29, 1.82) is 0 Å². The normalized spacial score (nSPS) is 13.8. The summed E-state index contributed by atoms with van der Waals surface area (Å²) in [5, 5.41) is 32.6. The van der Waals surface area contributed by atoms with Crippen LogP contribution in [0.25, 0.3) is 0 Å². The fourth-order valence-electron chi connectivity index (χ4n) is 5.96. The van der Waals surface area contributed by atoms with Crippen molar-refractivity contribution in [3.8, 4) is 11.5 Å². The lowest BCUT2D eigenvalue weighted by molar-refractivity contribution is 0.0239.